The minimum Gasteiger partial charge on any atom is -0.481 e. The molecule has 11 nitrogen and oxygen atoms in total. The molecular weight excluding hydrogens is 436 g/mol. The topological polar surface area (TPSA) is 163 Å². The maximum atomic E-state index is 13.3. The standard InChI is InChI=1S/C23H30N8O3/c1-23(2,25)22(33)30-15-6-4-14(5-7-15)29-21(32)16-11-17(13-8-9-26-18(10-13)34-3)31-19(16)20(24)27-12-28-31/h8-12,14-15H,4-7,25H2,1-3H3,(H,29,32)(H,30,33)(H2,24,27,28)/t14-,15-. The van der Waals surface area contributed by atoms with Crippen LogP contribution in [0.4, 0.5) is 5.82 Å². The van der Waals surface area contributed by atoms with E-state index in [0.29, 0.717) is 22.7 Å². The highest BCUT2D eigenvalue weighted by molar-refractivity contribution is 6.05. The second kappa shape index (κ2) is 9.26. The Hall–Kier alpha value is -3.73. The van der Waals surface area contributed by atoms with Crippen LogP contribution in [0.15, 0.2) is 30.7 Å². The fraction of sp³-hybridized carbons (Fsp3) is 0.435. The second-order valence-corrected chi connectivity index (χ2v) is 9.15. The van der Waals surface area contributed by atoms with Gasteiger partial charge in [0.15, 0.2) is 5.82 Å². The summed E-state index contributed by atoms with van der Waals surface area (Å²) in [5, 5.41) is 10.4. The molecule has 34 heavy (non-hydrogen) atoms. The first kappa shape index (κ1) is 23.4. The molecule has 180 valence electrons. The smallest absolute Gasteiger partial charge is 0.253 e. The van der Waals surface area contributed by atoms with E-state index in [0.717, 1.165) is 31.2 Å². The fourth-order valence-corrected chi connectivity index (χ4v) is 4.14. The Morgan fingerprint density at radius 2 is 1.79 bits per heavy atom. The lowest BCUT2D eigenvalue weighted by molar-refractivity contribution is -0.126. The number of nitrogens with two attached hydrogens (primary N) is 2. The number of aromatic nitrogens is 4. The van der Waals surface area contributed by atoms with Crippen LogP contribution in [0.25, 0.3) is 16.8 Å². The van der Waals surface area contributed by atoms with E-state index in [1.165, 1.54) is 6.33 Å². The summed E-state index contributed by atoms with van der Waals surface area (Å²) in [5.74, 6) is 0.239. The van der Waals surface area contributed by atoms with E-state index in [1.54, 1.807) is 43.8 Å². The molecule has 4 rings (SSSR count). The number of carbonyl (C=O) groups is 2. The molecule has 3 heterocycles. The van der Waals surface area contributed by atoms with E-state index in [9.17, 15) is 9.59 Å². The van der Waals surface area contributed by atoms with Crippen LogP contribution in [0, 0.1) is 0 Å². The van der Waals surface area contributed by atoms with Gasteiger partial charge in [-0.05, 0) is 51.7 Å². The van der Waals surface area contributed by atoms with Crippen LogP contribution >= 0.6 is 0 Å². The summed E-state index contributed by atoms with van der Waals surface area (Å²) >= 11 is 0. The van der Waals surface area contributed by atoms with Gasteiger partial charge in [-0.1, -0.05) is 0 Å². The summed E-state index contributed by atoms with van der Waals surface area (Å²) in [7, 11) is 1.54. The first-order valence-corrected chi connectivity index (χ1v) is 11.2. The summed E-state index contributed by atoms with van der Waals surface area (Å²) < 4.78 is 6.83. The number of fused-ring (bicyclic) bond motifs is 1. The molecule has 0 unspecified atom stereocenters. The molecule has 0 atom stereocenters. The van der Waals surface area contributed by atoms with Gasteiger partial charge in [-0.3, -0.25) is 9.59 Å². The van der Waals surface area contributed by atoms with Gasteiger partial charge in [0.2, 0.25) is 11.8 Å². The molecule has 2 amide bonds. The zero-order valence-corrected chi connectivity index (χ0v) is 19.5. The van der Waals surface area contributed by atoms with E-state index in [1.807, 2.05) is 6.07 Å². The number of ether oxygens (including phenoxy) is 1. The molecule has 3 aromatic rings. The fourth-order valence-electron chi connectivity index (χ4n) is 4.14. The van der Waals surface area contributed by atoms with Crippen LogP contribution in [-0.4, -0.2) is 56.1 Å². The molecule has 0 bridgehead atoms. The normalized spacial score (nSPS) is 18.5. The van der Waals surface area contributed by atoms with Gasteiger partial charge in [-0.25, -0.2) is 14.5 Å². The summed E-state index contributed by atoms with van der Waals surface area (Å²) in [5.41, 5.74) is 13.4. The van der Waals surface area contributed by atoms with E-state index < -0.39 is 5.54 Å². The van der Waals surface area contributed by atoms with Gasteiger partial charge in [0.05, 0.1) is 23.9 Å². The molecule has 1 saturated carbocycles. The lowest BCUT2D eigenvalue weighted by atomic mass is 9.90. The van der Waals surface area contributed by atoms with Crippen molar-refractivity contribution in [2.24, 2.45) is 5.73 Å². The van der Waals surface area contributed by atoms with Crippen molar-refractivity contribution in [1.82, 2.24) is 30.2 Å². The third-order valence-corrected chi connectivity index (χ3v) is 6.05. The van der Waals surface area contributed by atoms with E-state index in [4.69, 9.17) is 16.2 Å². The minimum atomic E-state index is -0.917. The summed E-state index contributed by atoms with van der Waals surface area (Å²) in [4.78, 5) is 33.6. The van der Waals surface area contributed by atoms with Crippen molar-refractivity contribution in [2.45, 2.75) is 57.2 Å². The summed E-state index contributed by atoms with van der Waals surface area (Å²) in [6.07, 6.45) is 5.99. The van der Waals surface area contributed by atoms with Crippen LogP contribution < -0.4 is 26.8 Å². The molecule has 0 saturated heterocycles. The van der Waals surface area contributed by atoms with Gasteiger partial charge in [0.25, 0.3) is 5.91 Å². The Morgan fingerprint density at radius 1 is 1.12 bits per heavy atom. The minimum absolute atomic E-state index is 0.0168. The SMILES string of the molecule is COc1cc(-c2cc(C(=O)N[C@H]3CC[C@H](NC(=O)C(C)(C)N)CC3)c3c(N)ncnn23)ccn1. The third-order valence-electron chi connectivity index (χ3n) is 6.05. The largest absolute Gasteiger partial charge is 0.481 e. The molecule has 11 heteroatoms. The number of nitrogens with zero attached hydrogens (tertiary/aromatic N) is 4. The van der Waals surface area contributed by atoms with Crippen LogP contribution in [-0.2, 0) is 4.79 Å². The Bertz CT molecular complexity index is 1210. The van der Waals surface area contributed by atoms with E-state index in [2.05, 4.69) is 25.7 Å². The number of pyridine rings is 1. The Balaban J connectivity index is 1.52. The van der Waals surface area contributed by atoms with E-state index >= 15 is 0 Å². The van der Waals surface area contributed by atoms with Crippen molar-refractivity contribution in [3.63, 3.8) is 0 Å². The lowest BCUT2D eigenvalue weighted by Crippen LogP contribution is -2.53. The number of nitrogen functional groups attached to an aromatic ring is 1. The first-order chi connectivity index (χ1) is 16.2. The maximum absolute atomic E-state index is 13.3. The van der Waals surface area contributed by atoms with Gasteiger partial charge in [0.1, 0.15) is 11.8 Å². The first-order valence-electron chi connectivity index (χ1n) is 11.2. The number of carbonyl (C=O) groups excluding carboxylic acids is 2. The number of amides is 2. The van der Waals surface area contributed by atoms with Crippen LogP contribution in [0.1, 0.15) is 49.9 Å². The number of hydrogen-bond acceptors (Lipinski definition) is 8. The molecule has 0 spiro atoms. The number of methoxy groups -OCH3 is 1. The Kier molecular flexibility index (Phi) is 6.38. The van der Waals surface area contributed by atoms with Crippen molar-refractivity contribution in [1.29, 1.82) is 0 Å². The van der Waals surface area contributed by atoms with Crippen molar-refractivity contribution < 1.29 is 14.3 Å². The molecule has 0 aliphatic heterocycles. The lowest BCUT2D eigenvalue weighted by Gasteiger charge is -2.31. The summed E-state index contributed by atoms with van der Waals surface area (Å²) in [6, 6.07) is 5.36. The number of nitrogens with one attached hydrogen (secondary N) is 2. The van der Waals surface area contributed by atoms with Crippen LogP contribution in [0.3, 0.4) is 0 Å². The van der Waals surface area contributed by atoms with Gasteiger partial charge in [0, 0.05) is 29.9 Å². The van der Waals surface area contributed by atoms with Crippen molar-refractivity contribution in [3.05, 3.63) is 36.3 Å². The molecule has 6 N–H and O–H groups in total. The second-order valence-electron chi connectivity index (χ2n) is 9.15. The monoisotopic (exact) mass is 466 g/mol. The van der Waals surface area contributed by atoms with Gasteiger partial charge in [-0.15, -0.1) is 0 Å². The zero-order chi connectivity index (χ0) is 24.5. The van der Waals surface area contributed by atoms with Crippen molar-refractivity contribution in [3.8, 4) is 17.1 Å². The highest BCUT2D eigenvalue weighted by atomic mass is 16.5. The Labute approximate surface area is 197 Å². The number of anilines is 1. The molecule has 1 fully saturated rings. The van der Waals surface area contributed by atoms with Gasteiger partial charge >= 0.3 is 0 Å². The highest BCUT2D eigenvalue weighted by Crippen LogP contribution is 2.29. The molecule has 0 radical (unpaired) electrons. The quantitative estimate of drug-likeness (QED) is 0.422. The van der Waals surface area contributed by atoms with Gasteiger partial charge in [-0.2, -0.15) is 5.10 Å². The summed E-state index contributed by atoms with van der Waals surface area (Å²) in [6.45, 7) is 3.37. The Morgan fingerprint density at radius 3 is 2.44 bits per heavy atom. The highest BCUT2D eigenvalue weighted by Gasteiger charge is 2.29. The van der Waals surface area contributed by atoms with Crippen molar-refractivity contribution >= 4 is 23.1 Å². The number of hydrogen-bond donors (Lipinski definition) is 4. The maximum Gasteiger partial charge on any atom is 0.253 e. The third kappa shape index (κ3) is 4.79. The van der Waals surface area contributed by atoms with Crippen LogP contribution in [0.5, 0.6) is 5.88 Å². The average Bonchev–Trinajstić information content (AvgIpc) is 3.21. The molecular formula is C23H30N8O3. The predicted molar refractivity (Wildman–Crippen MR) is 127 cm³/mol. The van der Waals surface area contributed by atoms with Gasteiger partial charge < -0.3 is 26.8 Å². The molecule has 3 aromatic heterocycles. The molecule has 1 aliphatic carbocycles. The number of rotatable bonds is 6. The van der Waals surface area contributed by atoms with E-state index in [-0.39, 0.29) is 29.7 Å². The van der Waals surface area contributed by atoms with Crippen LogP contribution in [0.2, 0.25) is 0 Å². The average molecular weight is 467 g/mol. The predicted octanol–water partition coefficient (Wildman–Crippen LogP) is 1.28. The molecule has 1 aliphatic rings. The van der Waals surface area contributed by atoms with Crippen molar-refractivity contribution in [2.75, 3.05) is 12.8 Å². The zero-order valence-electron chi connectivity index (χ0n) is 19.5. The molecule has 0 aromatic carbocycles.